The van der Waals surface area contributed by atoms with Crippen molar-refractivity contribution >= 4 is 21.6 Å². The number of halogens is 1. The Bertz CT molecular complexity index is 946. The SMILES string of the molecule is C[C@@H](C(=O)N[C@H]1CCCc2ccccc21)N(c1cccc(F)c1)S(C)(=O)=O. The van der Waals surface area contributed by atoms with Gasteiger partial charge in [-0.3, -0.25) is 9.10 Å². The van der Waals surface area contributed by atoms with Gasteiger partial charge in [0.15, 0.2) is 0 Å². The zero-order valence-corrected chi connectivity index (χ0v) is 16.2. The third kappa shape index (κ3) is 4.30. The molecule has 7 heteroatoms. The summed E-state index contributed by atoms with van der Waals surface area (Å²) < 4.78 is 39.2. The summed E-state index contributed by atoms with van der Waals surface area (Å²) in [6.07, 6.45) is 3.73. The van der Waals surface area contributed by atoms with E-state index in [1.54, 1.807) is 0 Å². The normalized spacial score (nSPS) is 17.7. The second-order valence-electron chi connectivity index (χ2n) is 6.87. The summed E-state index contributed by atoms with van der Waals surface area (Å²) in [5.41, 5.74) is 2.40. The van der Waals surface area contributed by atoms with Crippen molar-refractivity contribution in [1.82, 2.24) is 5.32 Å². The van der Waals surface area contributed by atoms with Crippen LogP contribution in [0.15, 0.2) is 48.5 Å². The van der Waals surface area contributed by atoms with Crippen LogP contribution in [-0.4, -0.2) is 26.6 Å². The number of hydrogen-bond donors (Lipinski definition) is 1. The second kappa shape index (κ2) is 7.68. The third-order valence-electron chi connectivity index (χ3n) is 4.84. The van der Waals surface area contributed by atoms with Gasteiger partial charge >= 0.3 is 0 Å². The highest BCUT2D eigenvalue weighted by Gasteiger charge is 2.31. The average Bonchev–Trinajstić information content (AvgIpc) is 2.61. The fourth-order valence-corrected chi connectivity index (χ4v) is 4.78. The molecule has 0 radical (unpaired) electrons. The monoisotopic (exact) mass is 390 g/mol. The number of nitrogens with zero attached hydrogens (tertiary/aromatic N) is 1. The van der Waals surface area contributed by atoms with E-state index in [1.807, 2.05) is 24.3 Å². The Labute approximate surface area is 159 Å². The molecule has 1 N–H and O–H groups in total. The van der Waals surface area contributed by atoms with Gasteiger partial charge in [0.25, 0.3) is 0 Å². The highest BCUT2D eigenvalue weighted by atomic mass is 32.2. The molecule has 0 unspecified atom stereocenters. The minimum absolute atomic E-state index is 0.129. The lowest BCUT2D eigenvalue weighted by Crippen LogP contribution is -2.49. The van der Waals surface area contributed by atoms with Crippen LogP contribution in [0.2, 0.25) is 0 Å². The topological polar surface area (TPSA) is 66.5 Å². The Kier molecular flexibility index (Phi) is 5.51. The number of carbonyl (C=O) groups is 1. The first-order chi connectivity index (χ1) is 12.8. The van der Waals surface area contributed by atoms with Crippen molar-refractivity contribution in [2.24, 2.45) is 0 Å². The van der Waals surface area contributed by atoms with Crippen LogP contribution in [0.1, 0.15) is 36.9 Å². The van der Waals surface area contributed by atoms with Crippen LogP contribution in [0.5, 0.6) is 0 Å². The van der Waals surface area contributed by atoms with Crippen LogP contribution in [0.25, 0.3) is 0 Å². The molecule has 1 aliphatic rings. The van der Waals surface area contributed by atoms with Crippen molar-refractivity contribution in [3.05, 3.63) is 65.5 Å². The van der Waals surface area contributed by atoms with Crippen molar-refractivity contribution in [2.45, 2.75) is 38.3 Å². The van der Waals surface area contributed by atoms with Gasteiger partial charge in [-0.05, 0) is 55.5 Å². The van der Waals surface area contributed by atoms with Crippen LogP contribution < -0.4 is 9.62 Å². The number of rotatable bonds is 5. The van der Waals surface area contributed by atoms with E-state index in [2.05, 4.69) is 5.32 Å². The quantitative estimate of drug-likeness (QED) is 0.853. The molecule has 0 saturated carbocycles. The molecule has 3 rings (SSSR count). The third-order valence-corrected chi connectivity index (χ3v) is 6.08. The summed E-state index contributed by atoms with van der Waals surface area (Å²) in [5.74, 6) is -0.971. The maximum atomic E-state index is 13.6. The van der Waals surface area contributed by atoms with Gasteiger partial charge in [0.1, 0.15) is 11.9 Å². The highest BCUT2D eigenvalue weighted by Crippen LogP contribution is 2.30. The van der Waals surface area contributed by atoms with E-state index >= 15 is 0 Å². The lowest BCUT2D eigenvalue weighted by molar-refractivity contribution is -0.122. The van der Waals surface area contributed by atoms with Gasteiger partial charge in [-0.15, -0.1) is 0 Å². The molecule has 5 nitrogen and oxygen atoms in total. The summed E-state index contributed by atoms with van der Waals surface area (Å²) in [6, 6.07) is 12.0. The van der Waals surface area contributed by atoms with E-state index in [0.29, 0.717) is 0 Å². The minimum Gasteiger partial charge on any atom is -0.347 e. The molecule has 0 saturated heterocycles. The Morgan fingerprint density at radius 1 is 1.22 bits per heavy atom. The number of aryl methyl sites for hydroxylation is 1. The fraction of sp³-hybridized carbons (Fsp3) is 0.350. The van der Waals surface area contributed by atoms with Gasteiger partial charge < -0.3 is 5.32 Å². The van der Waals surface area contributed by atoms with Crippen LogP contribution >= 0.6 is 0 Å². The summed E-state index contributed by atoms with van der Waals surface area (Å²) in [4.78, 5) is 12.9. The largest absolute Gasteiger partial charge is 0.347 e. The molecule has 0 bridgehead atoms. The van der Waals surface area contributed by atoms with Gasteiger partial charge in [-0.25, -0.2) is 12.8 Å². The predicted molar refractivity (Wildman–Crippen MR) is 103 cm³/mol. The average molecular weight is 390 g/mol. The first-order valence-electron chi connectivity index (χ1n) is 8.90. The number of carbonyl (C=O) groups excluding carboxylic acids is 1. The first kappa shape index (κ1) is 19.4. The van der Waals surface area contributed by atoms with Crippen LogP contribution in [0.4, 0.5) is 10.1 Å². The molecule has 0 fully saturated rings. The molecule has 2 aromatic rings. The Balaban J connectivity index is 1.85. The molecule has 2 aromatic carbocycles. The molecule has 0 heterocycles. The van der Waals surface area contributed by atoms with E-state index in [1.165, 1.54) is 30.7 Å². The van der Waals surface area contributed by atoms with E-state index < -0.39 is 27.8 Å². The minimum atomic E-state index is -3.77. The number of fused-ring (bicyclic) bond motifs is 1. The fourth-order valence-electron chi connectivity index (χ4n) is 3.62. The van der Waals surface area contributed by atoms with E-state index in [0.717, 1.165) is 41.5 Å². The lowest BCUT2D eigenvalue weighted by atomic mass is 9.87. The van der Waals surface area contributed by atoms with Crippen LogP contribution in [0, 0.1) is 5.82 Å². The summed E-state index contributed by atoms with van der Waals surface area (Å²) >= 11 is 0. The highest BCUT2D eigenvalue weighted by molar-refractivity contribution is 7.92. The zero-order chi connectivity index (χ0) is 19.6. The lowest BCUT2D eigenvalue weighted by Gasteiger charge is -2.31. The molecule has 27 heavy (non-hydrogen) atoms. The van der Waals surface area contributed by atoms with Crippen molar-refractivity contribution in [3.8, 4) is 0 Å². The number of hydrogen-bond acceptors (Lipinski definition) is 3. The summed E-state index contributed by atoms with van der Waals surface area (Å²) in [7, 11) is -3.77. The number of sulfonamides is 1. The number of nitrogens with one attached hydrogen (secondary N) is 1. The van der Waals surface area contributed by atoms with E-state index in [-0.39, 0.29) is 11.7 Å². The molecular formula is C20H23FN2O3S. The van der Waals surface area contributed by atoms with Crippen LogP contribution in [0.3, 0.4) is 0 Å². The second-order valence-corrected chi connectivity index (χ2v) is 8.73. The molecular weight excluding hydrogens is 367 g/mol. The van der Waals surface area contributed by atoms with Crippen molar-refractivity contribution in [1.29, 1.82) is 0 Å². The maximum absolute atomic E-state index is 13.6. The zero-order valence-electron chi connectivity index (χ0n) is 15.4. The predicted octanol–water partition coefficient (Wildman–Crippen LogP) is 3.17. The molecule has 0 spiro atoms. The summed E-state index contributed by atoms with van der Waals surface area (Å²) in [6.45, 7) is 1.51. The van der Waals surface area contributed by atoms with Gasteiger partial charge in [-0.1, -0.05) is 30.3 Å². The Morgan fingerprint density at radius 3 is 2.67 bits per heavy atom. The molecule has 1 amide bonds. The smallest absolute Gasteiger partial charge is 0.244 e. The molecule has 144 valence electrons. The Hall–Kier alpha value is -2.41. The van der Waals surface area contributed by atoms with Gasteiger partial charge in [0.2, 0.25) is 15.9 Å². The molecule has 0 aromatic heterocycles. The summed E-state index contributed by atoms with van der Waals surface area (Å²) in [5, 5.41) is 2.97. The van der Waals surface area contributed by atoms with Crippen LogP contribution in [-0.2, 0) is 21.2 Å². The van der Waals surface area contributed by atoms with Gasteiger partial charge in [0, 0.05) is 0 Å². The maximum Gasteiger partial charge on any atom is 0.244 e. The van der Waals surface area contributed by atoms with Crippen molar-refractivity contribution < 1.29 is 17.6 Å². The standard InChI is InChI=1S/C20H23FN2O3S/c1-14(23(27(2,25)26)17-10-6-9-16(21)13-17)20(24)22-19-12-5-8-15-7-3-4-11-18(15)19/h3-4,6-7,9-11,13-14,19H,5,8,12H2,1-2H3,(H,22,24)/t14-,19-/m0/s1. The number of anilines is 1. The molecule has 2 atom stereocenters. The number of amides is 1. The van der Waals surface area contributed by atoms with Gasteiger partial charge in [0.05, 0.1) is 18.0 Å². The Morgan fingerprint density at radius 2 is 1.96 bits per heavy atom. The molecule has 0 aliphatic heterocycles. The number of benzene rings is 2. The van der Waals surface area contributed by atoms with Gasteiger partial charge in [-0.2, -0.15) is 0 Å². The van der Waals surface area contributed by atoms with Crippen molar-refractivity contribution in [3.63, 3.8) is 0 Å². The van der Waals surface area contributed by atoms with Crippen molar-refractivity contribution in [2.75, 3.05) is 10.6 Å². The van der Waals surface area contributed by atoms with E-state index in [9.17, 15) is 17.6 Å². The van der Waals surface area contributed by atoms with E-state index in [4.69, 9.17) is 0 Å². The molecule has 1 aliphatic carbocycles. The first-order valence-corrected chi connectivity index (χ1v) is 10.8.